The standard InChI is InChI=1S/C23H36O3/c1-14(24)21-20(26-15(2)25)13-19-17-9-8-16-7-5-6-11-22(16,3)18(17)10-12-23(19,21)4/h16-21H,5-13H2,1-4H3/t16-,17-,18+,19+,20-,21+,22+,23+/m1/s1. The maximum atomic E-state index is 12.6. The van der Waals surface area contributed by atoms with Gasteiger partial charge in [0.2, 0.25) is 0 Å². The lowest BCUT2D eigenvalue weighted by atomic mass is 9.45. The van der Waals surface area contributed by atoms with Gasteiger partial charge in [0, 0.05) is 6.92 Å². The van der Waals surface area contributed by atoms with Gasteiger partial charge in [-0.15, -0.1) is 0 Å². The van der Waals surface area contributed by atoms with E-state index in [9.17, 15) is 9.59 Å². The van der Waals surface area contributed by atoms with Crippen molar-refractivity contribution in [1.82, 2.24) is 0 Å². The van der Waals surface area contributed by atoms with Crippen LogP contribution in [0.25, 0.3) is 0 Å². The van der Waals surface area contributed by atoms with Gasteiger partial charge in [-0.3, -0.25) is 9.59 Å². The maximum absolute atomic E-state index is 12.6. The SMILES string of the molecule is CC(=O)O[C@@H]1C[C@H]2[C@@H]3CC[C@H]4CCCC[C@]4(C)[C@H]3CC[C@]2(C)[C@H]1C(C)=O. The lowest BCUT2D eigenvalue weighted by Crippen LogP contribution is -2.53. The molecule has 0 N–H and O–H groups in total. The fourth-order valence-electron chi connectivity index (χ4n) is 8.34. The van der Waals surface area contributed by atoms with Crippen LogP contribution in [0.1, 0.15) is 85.5 Å². The van der Waals surface area contributed by atoms with Gasteiger partial charge in [0.1, 0.15) is 11.9 Å². The van der Waals surface area contributed by atoms with Crippen molar-refractivity contribution in [3.05, 3.63) is 0 Å². The van der Waals surface area contributed by atoms with Crippen molar-refractivity contribution in [2.24, 2.45) is 40.4 Å². The van der Waals surface area contributed by atoms with Crippen LogP contribution in [-0.4, -0.2) is 17.9 Å². The summed E-state index contributed by atoms with van der Waals surface area (Å²) in [5.74, 6) is 2.86. The first-order valence-electron chi connectivity index (χ1n) is 10.9. The molecule has 146 valence electrons. The molecule has 4 aliphatic carbocycles. The summed E-state index contributed by atoms with van der Waals surface area (Å²) < 4.78 is 5.69. The molecule has 8 atom stereocenters. The molecule has 0 aromatic carbocycles. The van der Waals surface area contributed by atoms with Crippen LogP contribution in [0.15, 0.2) is 0 Å². The number of ether oxygens (including phenoxy) is 1. The van der Waals surface area contributed by atoms with Crippen LogP contribution in [-0.2, 0) is 14.3 Å². The summed E-state index contributed by atoms with van der Waals surface area (Å²) in [4.78, 5) is 24.2. The molecule has 0 bridgehead atoms. The third kappa shape index (κ3) is 2.59. The fraction of sp³-hybridized carbons (Fsp3) is 0.913. The number of carbonyl (C=O) groups is 2. The lowest BCUT2D eigenvalue weighted by molar-refractivity contribution is -0.151. The molecule has 0 unspecified atom stereocenters. The molecule has 0 aromatic heterocycles. The van der Waals surface area contributed by atoms with Gasteiger partial charge in [0.15, 0.2) is 0 Å². The smallest absolute Gasteiger partial charge is 0.302 e. The molecule has 0 aromatic rings. The van der Waals surface area contributed by atoms with Gasteiger partial charge in [0.25, 0.3) is 0 Å². The Labute approximate surface area is 158 Å². The molecule has 0 heterocycles. The van der Waals surface area contributed by atoms with E-state index in [1.54, 1.807) is 6.92 Å². The van der Waals surface area contributed by atoms with Gasteiger partial charge in [-0.05, 0) is 86.4 Å². The summed E-state index contributed by atoms with van der Waals surface area (Å²) in [7, 11) is 0. The number of hydrogen-bond acceptors (Lipinski definition) is 3. The molecule has 26 heavy (non-hydrogen) atoms. The molecule has 4 aliphatic rings. The molecule has 3 nitrogen and oxygen atoms in total. The second-order valence-electron chi connectivity index (χ2n) is 10.4. The predicted molar refractivity (Wildman–Crippen MR) is 101 cm³/mol. The van der Waals surface area contributed by atoms with Crippen LogP contribution in [0.3, 0.4) is 0 Å². The quantitative estimate of drug-likeness (QED) is 0.638. The molecular weight excluding hydrogens is 324 g/mol. The Morgan fingerprint density at radius 2 is 1.65 bits per heavy atom. The van der Waals surface area contributed by atoms with Crippen LogP contribution in [0, 0.1) is 40.4 Å². The second kappa shape index (κ2) is 6.34. The van der Waals surface area contributed by atoms with Crippen molar-refractivity contribution in [3.8, 4) is 0 Å². The maximum Gasteiger partial charge on any atom is 0.302 e. The van der Waals surface area contributed by atoms with Crippen molar-refractivity contribution >= 4 is 11.8 Å². The normalized spacial score (nSPS) is 50.3. The average molecular weight is 361 g/mol. The Morgan fingerprint density at radius 1 is 0.885 bits per heavy atom. The van der Waals surface area contributed by atoms with E-state index in [0.29, 0.717) is 11.3 Å². The summed E-state index contributed by atoms with van der Waals surface area (Å²) in [6, 6.07) is 0. The number of fused-ring (bicyclic) bond motifs is 5. The van der Waals surface area contributed by atoms with E-state index in [0.717, 1.165) is 30.6 Å². The van der Waals surface area contributed by atoms with Crippen molar-refractivity contribution in [3.63, 3.8) is 0 Å². The molecule has 0 aliphatic heterocycles. The Morgan fingerprint density at radius 3 is 2.35 bits per heavy atom. The minimum absolute atomic E-state index is 0.0188. The first-order valence-corrected chi connectivity index (χ1v) is 10.9. The Hall–Kier alpha value is -0.860. The van der Waals surface area contributed by atoms with E-state index in [1.165, 1.54) is 51.9 Å². The highest BCUT2D eigenvalue weighted by Gasteiger charge is 2.63. The van der Waals surface area contributed by atoms with Crippen molar-refractivity contribution in [2.45, 2.75) is 91.6 Å². The van der Waals surface area contributed by atoms with Gasteiger partial charge in [0.05, 0.1) is 5.92 Å². The number of Topliss-reactive ketones (excluding diaryl/α,β-unsaturated/α-hetero) is 1. The first-order chi connectivity index (χ1) is 12.3. The van der Waals surface area contributed by atoms with Crippen molar-refractivity contribution in [1.29, 1.82) is 0 Å². The van der Waals surface area contributed by atoms with Crippen LogP contribution in [0.2, 0.25) is 0 Å². The molecule has 0 radical (unpaired) electrons. The highest BCUT2D eigenvalue weighted by Crippen LogP contribution is 2.67. The van der Waals surface area contributed by atoms with E-state index in [1.807, 2.05) is 0 Å². The van der Waals surface area contributed by atoms with Gasteiger partial charge in [-0.25, -0.2) is 0 Å². The zero-order chi connectivity index (χ0) is 18.7. The Balaban J connectivity index is 1.65. The summed E-state index contributed by atoms with van der Waals surface area (Å²) in [6.07, 6.45) is 11.4. The van der Waals surface area contributed by atoms with E-state index < -0.39 is 0 Å². The lowest BCUT2D eigenvalue weighted by Gasteiger charge is -2.60. The number of ketones is 1. The largest absolute Gasteiger partial charge is 0.462 e. The highest BCUT2D eigenvalue weighted by molar-refractivity contribution is 5.81. The van der Waals surface area contributed by atoms with Gasteiger partial charge in [-0.1, -0.05) is 26.7 Å². The first kappa shape index (κ1) is 18.5. The number of esters is 1. The topological polar surface area (TPSA) is 43.4 Å². The number of carbonyl (C=O) groups excluding carboxylic acids is 2. The Bertz CT molecular complexity index is 598. The van der Waals surface area contributed by atoms with Crippen LogP contribution in [0.5, 0.6) is 0 Å². The van der Waals surface area contributed by atoms with Crippen LogP contribution < -0.4 is 0 Å². The summed E-state index contributed by atoms with van der Waals surface area (Å²) in [5, 5.41) is 0. The number of hydrogen-bond donors (Lipinski definition) is 0. The van der Waals surface area contributed by atoms with Crippen molar-refractivity contribution in [2.75, 3.05) is 0 Å². The molecule has 4 rings (SSSR count). The minimum atomic E-state index is -0.233. The number of rotatable bonds is 2. The summed E-state index contributed by atoms with van der Waals surface area (Å²) in [6.45, 7) is 8.11. The van der Waals surface area contributed by atoms with Gasteiger partial charge >= 0.3 is 5.97 Å². The Kier molecular flexibility index (Phi) is 4.51. The molecule has 4 saturated carbocycles. The van der Waals surface area contributed by atoms with Crippen LogP contribution >= 0.6 is 0 Å². The van der Waals surface area contributed by atoms with Gasteiger partial charge in [-0.2, -0.15) is 0 Å². The van der Waals surface area contributed by atoms with E-state index >= 15 is 0 Å². The minimum Gasteiger partial charge on any atom is -0.462 e. The van der Waals surface area contributed by atoms with Gasteiger partial charge < -0.3 is 4.74 Å². The molecule has 3 heteroatoms. The third-order valence-corrected chi connectivity index (χ3v) is 9.34. The van der Waals surface area contributed by atoms with Crippen molar-refractivity contribution < 1.29 is 14.3 Å². The predicted octanol–water partition coefficient (Wildman–Crippen LogP) is 5.17. The fourth-order valence-corrected chi connectivity index (χ4v) is 8.34. The zero-order valence-electron chi connectivity index (χ0n) is 17.1. The monoisotopic (exact) mass is 360 g/mol. The summed E-state index contributed by atoms with van der Waals surface area (Å²) in [5.41, 5.74) is 0.527. The van der Waals surface area contributed by atoms with E-state index in [-0.39, 0.29) is 29.2 Å². The third-order valence-electron chi connectivity index (χ3n) is 9.34. The highest BCUT2D eigenvalue weighted by atomic mass is 16.5. The summed E-state index contributed by atoms with van der Waals surface area (Å²) >= 11 is 0. The molecular formula is C23H36O3. The molecule has 0 spiro atoms. The van der Waals surface area contributed by atoms with Crippen LogP contribution in [0.4, 0.5) is 0 Å². The van der Waals surface area contributed by atoms with E-state index in [2.05, 4.69) is 13.8 Å². The molecule has 0 saturated heterocycles. The molecule has 0 amide bonds. The average Bonchev–Trinajstić information content (AvgIpc) is 2.85. The second-order valence-corrected chi connectivity index (χ2v) is 10.4. The molecule has 4 fully saturated rings. The van der Waals surface area contributed by atoms with E-state index in [4.69, 9.17) is 4.74 Å². The zero-order valence-corrected chi connectivity index (χ0v) is 17.1.